The summed E-state index contributed by atoms with van der Waals surface area (Å²) in [7, 11) is -2.46. The van der Waals surface area contributed by atoms with Gasteiger partial charge in [0.25, 0.3) is 0 Å². The molecular formula is C44H38N2O2Si. The van der Waals surface area contributed by atoms with Gasteiger partial charge in [0, 0.05) is 26.2 Å². The number of nitrogens with zero attached hydrogens (tertiary/aromatic N) is 2. The number of fused-ring (bicyclic) bond motifs is 7. The molecule has 0 saturated heterocycles. The normalized spacial score (nSPS) is 17.9. The number of hydrogen-bond acceptors (Lipinski definition) is 3. The molecule has 0 aliphatic carbocycles. The van der Waals surface area contributed by atoms with Crippen molar-refractivity contribution < 1.29 is 24.2 Å². The number of hydrogen-bond donors (Lipinski definition) is 0. The number of aromatic nitrogens is 2. The average molecular weight is 666 g/mol. The van der Waals surface area contributed by atoms with Crippen LogP contribution < -0.4 is 15.1 Å². The van der Waals surface area contributed by atoms with E-state index in [1.54, 1.807) is 42.5 Å². The third-order valence-electron chi connectivity index (χ3n) is 9.88. The lowest BCUT2D eigenvalue weighted by Gasteiger charge is -2.34. The smallest absolute Gasteiger partial charge is 0.307 e. The average Bonchev–Trinajstić information content (AvgIpc) is 3.71. The molecule has 0 radical (unpaired) electrons. The Morgan fingerprint density at radius 1 is 0.714 bits per heavy atom. The van der Waals surface area contributed by atoms with Crippen LogP contribution in [0.2, 0.25) is 13.1 Å². The van der Waals surface area contributed by atoms with Gasteiger partial charge in [0.1, 0.15) is 19.6 Å². The topological polar surface area (TPSA) is 39.7 Å². The predicted molar refractivity (Wildman–Crippen MR) is 206 cm³/mol. The van der Waals surface area contributed by atoms with Crippen LogP contribution in [0, 0.1) is 20.6 Å². The Morgan fingerprint density at radius 2 is 1.41 bits per heavy atom. The lowest BCUT2D eigenvalue weighted by Crippen LogP contribution is -2.56. The van der Waals surface area contributed by atoms with Crippen LogP contribution in [0.1, 0.15) is 44.3 Å². The third-order valence-corrected chi connectivity index (χ3v) is 13.4. The van der Waals surface area contributed by atoms with Gasteiger partial charge in [0.2, 0.25) is 0 Å². The maximum Gasteiger partial charge on any atom is 0.307 e. The molecule has 0 amide bonds. The molecule has 9 rings (SSSR count). The maximum absolute atomic E-state index is 8.87. The molecule has 240 valence electrons. The van der Waals surface area contributed by atoms with Gasteiger partial charge in [-0.25, -0.2) is 0 Å². The quantitative estimate of drug-likeness (QED) is 0.176. The van der Waals surface area contributed by atoms with Gasteiger partial charge in [-0.15, -0.1) is 0 Å². The van der Waals surface area contributed by atoms with Crippen LogP contribution in [0.3, 0.4) is 0 Å². The molecule has 1 aliphatic rings. The van der Waals surface area contributed by atoms with Crippen molar-refractivity contribution >= 4 is 46.4 Å². The van der Waals surface area contributed by atoms with E-state index in [4.69, 9.17) is 24.2 Å². The Balaban J connectivity index is 1.35. The Kier molecular flexibility index (Phi) is 4.46. The molecule has 0 saturated carbocycles. The molecular weight excluding hydrogens is 617 g/mol. The number of imidazole rings is 1. The molecule has 0 bridgehead atoms. The zero-order valence-electron chi connectivity index (χ0n) is 38.1. The number of rotatable bonds is 4. The minimum absolute atomic E-state index is 0.000312. The van der Waals surface area contributed by atoms with Crippen LogP contribution in [-0.4, -0.2) is 17.5 Å². The van der Waals surface area contributed by atoms with Crippen LogP contribution >= 0.6 is 0 Å². The van der Waals surface area contributed by atoms with Crippen LogP contribution in [0.25, 0.3) is 61.4 Å². The van der Waals surface area contributed by atoms with Crippen molar-refractivity contribution in [2.75, 3.05) is 0 Å². The first-order valence-corrected chi connectivity index (χ1v) is 19.1. The summed E-state index contributed by atoms with van der Waals surface area (Å²) < 4.78 is 110. The molecule has 2 aromatic heterocycles. The largest absolute Gasteiger partial charge is 0.457 e. The Morgan fingerprint density at radius 3 is 2.16 bits per heavy atom. The van der Waals surface area contributed by atoms with Gasteiger partial charge in [-0.05, 0) is 118 Å². The first-order chi connectivity index (χ1) is 28.0. The molecule has 49 heavy (non-hydrogen) atoms. The van der Waals surface area contributed by atoms with Gasteiger partial charge >= 0.3 is 5.84 Å². The van der Waals surface area contributed by atoms with Crippen molar-refractivity contribution in [1.82, 2.24) is 9.38 Å². The number of ether oxygens (including phenoxy) is 1. The molecule has 3 heterocycles. The highest BCUT2D eigenvalue weighted by molar-refractivity contribution is 7.01. The first kappa shape index (κ1) is 20.2. The van der Waals surface area contributed by atoms with E-state index < -0.39 is 35.0 Å². The van der Waals surface area contributed by atoms with E-state index in [0.717, 1.165) is 15.9 Å². The molecule has 5 heteroatoms. The second kappa shape index (κ2) is 10.8. The van der Waals surface area contributed by atoms with Crippen molar-refractivity contribution in [1.29, 1.82) is 0 Å². The van der Waals surface area contributed by atoms with E-state index in [1.165, 1.54) is 19.1 Å². The van der Waals surface area contributed by atoms with Gasteiger partial charge in [0.15, 0.2) is 5.58 Å². The van der Waals surface area contributed by atoms with Crippen LogP contribution in [-0.2, 0) is 6.37 Å². The molecule has 8 aromatic rings. The summed E-state index contributed by atoms with van der Waals surface area (Å²) in [6.07, 6.45) is -1.90. The predicted octanol–water partition coefficient (Wildman–Crippen LogP) is 10.7. The minimum atomic E-state index is -2.73. The van der Waals surface area contributed by atoms with Crippen molar-refractivity contribution in [2.24, 2.45) is 0 Å². The number of oxazole rings is 1. The van der Waals surface area contributed by atoms with E-state index in [1.807, 2.05) is 59.0 Å². The van der Waals surface area contributed by atoms with E-state index >= 15 is 0 Å². The second-order valence-corrected chi connectivity index (χ2v) is 17.3. The molecule has 6 aromatic carbocycles. The lowest BCUT2D eigenvalue weighted by atomic mass is 9.88. The Labute approximate surface area is 303 Å². The summed E-state index contributed by atoms with van der Waals surface area (Å²) >= 11 is 0. The zero-order valence-corrected chi connectivity index (χ0v) is 28.1. The highest BCUT2D eigenvalue weighted by Crippen LogP contribution is 2.43. The maximum atomic E-state index is 8.87. The summed E-state index contributed by atoms with van der Waals surface area (Å²) in [5, 5.41) is 1.91. The number of para-hydroxylation sites is 3. The molecule has 0 unspecified atom stereocenters. The van der Waals surface area contributed by atoms with E-state index in [-0.39, 0.29) is 44.8 Å². The fourth-order valence-electron chi connectivity index (χ4n) is 7.38. The molecule has 0 fully saturated rings. The van der Waals surface area contributed by atoms with Crippen LogP contribution in [0.15, 0.2) is 114 Å². The van der Waals surface area contributed by atoms with Gasteiger partial charge in [-0.3, -0.25) is 4.40 Å². The highest BCUT2D eigenvalue weighted by atomic mass is 28.3. The SMILES string of the molecule is [2H]C([2H])([2H])c1ccc(-c2c(C([2H])([2H])[2H])ccc3c2Oc2ccccc2[Si]3(C)C)cc1-c1cc(-c2c(C([2H])([2H])C)ccc3c2oc2nc4ccccc4n23)ccc1C([2H])([2H])[2H]. The van der Waals surface area contributed by atoms with Crippen molar-refractivity contribution in [3.8, 4) is 44.9 Å². The molecule has 1 aliphatic heterocycles. The molecule has 4 nitrogen and oxygen atoms in total. The van der Waals surface area contributed by atoms with E-state index in [9.17, 15) is 0 Å². The lowest BCUT2D eigenvalue weighted by molar-refractivity contribution is 0.488. The fourth-order valence-corrected chi connectivity index (χ4v) is 10.2. The van der Waals surface area contributed by atoms with E-state index in [2.05, 4.69) is 18.1 Å². The summed E-state index contributed by atoms with van der Waals surface area (Å²) in [5.41, 5.74) is 3.80. The molecule has 0 atom stereocenters. The zero-order chi connectivity index (χ0) is 42.9. The van der Waals surface area contributed by atoms with Gasteiger partial charge in [-0.2, -0.15) is 4.98 Å². The first-order valence-electron chi connectivity index (χ1n) is 21.6. The van der Waals surface area contributed by atoms with Crippen LogP contribution in [0.4, 0.5) is 0 Å². The highest BCUT2D eigenvalue weighted by Gasteiger charge is 2.37. The summed E-state index contributed by atoms with van der Waals surface area (Å²) in [6, 6.07) is 31.1. The van der Waals surface area contributed by atoms with Crippen molar-refractivity contribution in [3.05, 3.63) is 131 Å². The third kappa shape index (κ3) is 4.38. The fraction of sp³-hybridized carbons (Fsp3) is 0.159. The number of benzene rings is 6. The monoisotopic (exact) mass is 665 g/mol. The van der Waals surface area contributed by atoms with Gasteiger partial charge in [0.05, 0.1) is 16.6 Å². The minimum Gasteiger partial charge on any atom is -0.457 e. The van der Waals surface area contributed by atoms with Crippen LogP contribution in [0.5, 0.6) is 11.5 Å². The summed E-state index contributed by atoms with van der Waals surface area (Å²) in [4.78, 5) is 4.66. The van der Waals surface area contributed by atoms with Gasteiger partial charge < -0.3 is 9.15 Å². The van der Waals surface area contributed by atoms with Crippen molar-refractivity contribution in [2.45, 2.75) is 46.9 Å². The summed E-state index contributed by atoms with van der Waals surface area (Å²) in [6.45, 7) is -2.32. The Bertz CT molecular complexity index is 3060. The Hall–Kier alpha value is -5.39. The summed E-state index contributed by atoms with van der Waals surface area (Å²) in [5.74, 6) is 1.26. The molecule has 0 N–H and O–H groups in total. The molecule has 0 spiro atoms. The van der Waals surface area contributed by atoms with Crippen molar-refractivity contribution in [3.63, 3.8) is 0 Å². The standard InChI is InChI=1S/C44H38N2O2Si/c1-7-29-21-22-36-42(48-44-45-34-12-8-9-13-35(34)46(36)44)41(29)31-20-17-27(3)33(25-31)32-24-30(19-16-26(32)2)40-28(4)18-23-39-43(40)47-37-14-10-11-15-38(37)49(39,5)6/h8-25H,7H2,1-6H3/i2D3,3D3,4D3,7D2. The second-order valence-electron chi connectivity index (χ2n) is 13.0. The number of aryl methyl sites for hydroxylation is 4. The van der Waals surface area contributed by atoms with E-state index in [0.29, 0.717) is 44.8 Å². The van der Waals surface area contributed by atoms with Gasteiger partial charge in [-0.1, -0.05) is 92.8 Å².